The van der Waals surface area contributed by atoms with Gasteiger partial charge in [0.15, 0.2) is 0 Å². The maximum atomic E-state index is 2.27. The number of hydrogen-bond acceptors (Lipinski definition) is 0. The summed E-state index contributed by atoms with van der Waals surface area (Å²) in [5.41, 5.74) is 0. The molecule has 18 heavy (non-hydrogen) atoms. The average Bonchev–Trinajstić information content (AvgIpc) is 2.15. The summed E-state index contributed by atoms with van der Waals surface area (Å²) in [5, 5.41) is 0. The minimum Gasteiger partial charge on any atom is -1.00 e. The Kier molecular flexibility index (Phi) is 18.9. The second kappa shape index (κ2) is 16.9. The fraction of sp³-hybridized carbons (Fsp3) is 0.500. The smallest absolute Gasteiger partial charge is 1.00 e. The SMILES string of the molecule is C1=CCCC=CCC1.C1=CCCC=CCC1.[Cl-].[Rh+3]. The van der Waals surface area contributed by atoms with Crippen LogP contribution in [0.4, 0.5) is 0 Å². The van der Waals surface area contributed by atoms with Crippen LogP contribution < -0.4 is 12.4 Å². The minimum atomic E-state index is 0. The van der Waals surface area contributed by atoms with Gasteiger partial charge in [-0.25, -0.2) is 0 Å². The largest absolute Gasteiger partial charge is 3.00 e. The van der Waals surface area contributed by atoms with Crippen LogP contribution in [0.15, 0.2) is 48.6 Å². The molecule has 0 aromatic carbocycles. The molecule has 0 spiro atoms. The fourth-order valence-corrected chi connectivity index (χ4v) is 1.71. The molecule has 102 valence electrons. The van der Waals surface area contributed by atoms with E-state index in [2.05, 4.69) is 48.6 Å². The van der Waals surface area contributed by atoms with Gasteiger partial charge in [0, 0.05) is 0 Å². The molecule has 0 fully saturated rings. The van der Waals surface area contributed by atoms with Gasteiger partial charge in [0.05, 0.1) is 0 Å². The molecule has 0 unspecified atom stereocenters. The van der Waals surface area contributed by atoms with Gasteiger partial charge in [0.1, 0.15) is 0 Å². The van der Waals surface area contributed by atoms with E-state index in [1.807, 2.05) is 0 Å². The van der Waals surface area contributed by atoms with Crippen molar-refractivity contribution < 1.29 is 31.9 Å². The van der Waals surface area contributed by atoms with Crippen molar-refractivity contribution in [2.45, 2.75) is 51.4 Å². The summed E-state index contributed by atoms with van der Waals surface area (Å²) in [5.74, 6) is 0. The molecule has 0 radical (unpaired) electrons. The summed E-state index contributed by atoms with van der Waals surface area (Å²) < 4.78 is 0. The van der Waals surface area contributed by atoms with E-state index >= 15 is 0 Å². The predicted molar refractivity (Wildman–Crippen MR) is 73.5 cm³/mol. The molecule has 0 amide bonds. The molecule has 0 aromatic heterocycles. The predicted octanol–water partition coefficient (Wildman–Crippen LogP) is 2.35. The Morgan fingerprint density at radius 3 is 0.556 bits per heavy atom. The third kappa shape index (κ3) is 13.9. The molecule has 0 bridgehead atoms. The zero-order valence-electron chi connectivity index (χ0n) is 11.0. The van der Waals surface area contributed by atoms with Gasteiger partial charge in [-0.2, -0.15) is 0 Å². The molecule has 0 aromatic rings. The summed E-state index contributed by atoms with van der Waals surface area (Å²) in [6, 6.07) is 0. The van der Waals surface area contributed by atoms with Gasteiger partial charge >= 0.3 is 19.5 Å². The van der Waals surface area contributed by atoms with Gasteiger partial charge < -0.3 is 12.4 Å². The van der Waals surface area contributed by atoms with E-state index < -0.39 is 0 Å². The molecule has 0 N–H and O–H groups in total. The van der Waals surface area contributed by atoms with Crippen molar-refractivity contribution in [3.63, 3.8) is 0 Å². The Morgan fingerprint density at radius 2 is 0.444 bits per heavy atom. The summed E-state index contributed by atoms with van der Waals surface area (Å²) in [4.78, 5) is 0. The second-order valence-corrected chi connectivity index (χ2v) is 4.20. The summed E-state index contributed by atoms with van der Waals surface area (Å²) in [6.07, 6.45) is 28.0. The Labute approximate surface area is 131 Å². The van der Waals surface area contributed by atoms with E-state index in [0.29, 0.717) is 0 Å². The van der Waals surface area contributed by atoms with Crippen LogP contribution in [0.1, 0.15) is 51.4 Å². The molecule has 0 aliphatic heterocycles. The second-order valence-electron chi connectivity index (χ2n) is 4.20. The normalized spacial score (nSPS) is 17.8. The van der Waals surface area contributed by atoms with Crippen LogP contribution in [-0.2, 0) is 19.5 Å². The van der Waals surface area contributed by atoms with Gasteiger partial charge in [-0.3, -0.25) is 0 Å². The van der Waals surface area contributed by atoms with Crippen LogP contribution in [0.5, 0.6) is 0 Å². The van der Waals surface area contributed by atoms with Crippen molar-refractivity contribution >= 4 is 0 Å². The van der Waals surface area contributed by atoms with E-state index in [0.717, 1.165) is 0 Å². The van der Waals surface area contributed by atoms with E-state index in [-0.39, 0.29) is 31.9 Å². The van der Waals surface area contributed by atoms with Crippen molar-refractivity contribution in [1.82, 2.24) is 0 Å². The molecule has 2 heteroatoms. The van der Waals surface area contributed by atoms with Gasteiger partial charge in [-0.1, -0.05) is 48.6 Å². The van der Waals surface area contributed by atoms with Gasteiger partial charge in [-0.15, -0.1) is 0 Å². The van der Waals surface area contributed by atoms with Crippen LogP contribution in [0.25, 0.3) is 0 Å². The molecule has 0 heterocycles. The molecule has 0 nitrogen and oxygen atoms in total. The summed E-state index contributed by atoms with van der Waals surface area (Å²) in [7, 11) is 0. The van der Waals surface area contributed by atoms with E-state index in [4.69, 9.17) is 0 Å². The topological polar surface area (TPSA) is 0 Å². The van der Waals surface area contributed by atoms with Crippen LogP contribution in [0.3, 0.4) is 0 Å². The molecule has 2 aliphatic carbocycles. The summed E-state index contributed by atoms with van der Waals surface area (Å²) in [6.45, 7) is 0. The first-order chi connectivity index (χ1) is 8.00. The van der Waals surface area contributed by atoms with Crippen LogP contribution in [0, 0.1) is 0 Å². The monoisotopic (exact) mass is 354 g/mol. The Balaban J connectivity index is 0. The number of halogens is 1. The first-order valence-corrected chi connectivity index (χ1v) is 6.60. The quantitative estimate of drug-likeness (QED) is 0.463. The average molecular weight is 355 g/mol. The zero-order chi connectivity index (χ0) is 11.3. The molecule has 2 rings (SSSR count). The third-order valence-electron chi connectivity index (χ3n) is 2.67. The first kappa shape index (κ1) is 20.2. The standard InChI is InChI=1S/2C8H12.ClH.Rh/c2*1-2-4-6-8-7-5-3-1;;/h2*1-2,7-8H,3-6H2;1H;/q;;;+3/p-1. The minimum absolute atomic E-state index is 0. The van der Waals surface area contributed by atoms with Crippen LogP contribution >= 0.6 is 0 Å². The molecular weight excluding hydrogens is 331 g/mol. The van der Waals surface area contributed by atoms with Gasteiger partial charge in [0.2, 0.25) is 0 Å². The van der Waals surface area contributed by atoms with Crippen molar-refractivity contribution in [1.29, 1.82) is 0 Å². The molecule has 0 saturated carbocycles. The Hall–Kier alpha value is -0.127. The van der Waals surface area contributed by atoms with E-state index in [1.54, 1.807) is 0 Å². The van der Waals surface area contributed by atoms with E-state index in [9.17, 15) is 0 Å². The summed E-state index contributed by atoms with van der Waals surface area (Å²) >= 11 is 0. The molecule has 0 saturated heterocycles. The Bertz CT molecular complexity index is 184. The first-order valence-electron chi connectivity index (χ1n) is 6.60. The van der Waals surface area contributed by atoms with Gasteiger partial charge in [-0.05, 0) is 51.4 Å². The molecule has 0 atom stereocenters. The number of rotatable bonds is 0. The van der Waals surface area contributed by atoms with Crippen LogP contribution in [-0.4, -0.2) is 0 Å². The number of hydrogen-bond donors (Lipinski definition) is 0. The third-order valence-corrected chi connectivity index (χ3v) is 2.67. The fourth-order valence-electron chi connectivity index (χ4n) is 1.71. The van der Waals surface area contributed by atoms with Crippen molar-refractivity contribution in [2.75, 3.05) is 0 Å². The van der Waals surface area contributed by atoms with E-state index in [1.165, 1.54) is 51.4 Å². The van der Waals surface area contributed by atoms with Crippen LogP contribution in [0.2, 0.25) is 0 Å². The van der Waals surface area contributed by atoms with Crippen molar-refractivity contribution in [3.8, 4) is 0 Å². The van der Waals surface area contributed by atoms with Gasteiger partial charge in [0.25, 0.3) is 0 Å². The van der Waals surface area contributed by atoms with Crippen molar-refractivity contribution in [2.24, 2.45) is 0 Å². The van der Waals surface area contributed by atoms with Crippen molar-refractivity contribution in [3.05, 3.63) is 48.6 Å². The maximum Gasteiger partial charge on any atom is 3.00 e. The zero-order valence-corrected chi connectivity index (χ0v) is 13.4. The molecule has 2 aliphatic rings. The Morgan fingerprint density at radius 1 is 0.333 bits per heavy atom. The number of allylic oxidation sites excluding steroid dienone is 8. The maximum absolute atomic E-state index is 2.27. The molecular formula is C16H24ClRh+2.